The van der Waals surface area contributed by atoms with Crippen LogP contribution in [0.15, 0.2) is 12.2 Å². The van der Waals surface area contributed by atoms with Crippen LogP contribution in [-0.2, 0) is 9.53 Å². The zero-order valence-corrected chi connectivity index (χ0v) is 23.6. The molecule has 0 amide bonds. The van der Waals surface area contributed by atoms with Crippen LogP contribution in [0.3, 0.4) is 0 Å². The summed E-state index contributed by atoms with van der Waals surface area (Å²) >= 11 is 0. The molecule has 3 unspecified atom stereocenters. The van der Waals surface area contributed by atoms with E-state index in [4.69, 9.17) is 4.74 Å². The first kappa shape index (κ1) is 24.9. The van der Waals surface area contributed by atoms with Crippen LogP contribution in [0.1, 0.15) is 120 Å². The molecule has 5 fully saturated rings. The van der Waals surface area contributed by atoms with Crippen molar-refractivity contribution in [1.29, 1.82) is 0 Å². The number of carbonyl (C=O) groups is 1. The Morgan fingerprint density at radius 3 is 2.24 bits per heavy atom. The number of esters is 1. The number of hydrogen-bond acceptors (Lipinski definition) is 2. The predicted octanol–water partition coefficient (Wildman–Crippen LogP) is 8.60. The van der Waals surface area contributed by atoms with E-state index in [-0.39, 0.29) is 17.5 Å². The topological polar surface area (TPSA) is 26.3 Å². The molecule has 0 radical (unpaired) electrons. The number of rotatable bonds is 1. The minimum atomic E-state index is -0.108. The van der Waals surface area contributed by atoms with Gasteiger partial charge in [0.25, 0.3) is 0 Å². The molecule has 34 heavy (non-hydrogen) atoms. The monoisotopic (exact) mass is 468 g/mol. The van der Waals surface area contributed by atoms with E-state index in [1.54, 1.807) is 6.92 Å². The number of allylic oxidation sites excluding steroid dienone is 1. The molecule has 192 valence electrons. The Morgan fingerprint density at radius 2 is 1.56 bits per heavy atom. The number of ether oxygens (including phenoxy) is 1. The minimum Gasteiger partial charge on any atom is -0.462 e. The van der Waals surface area contributed by atoms with Crippen LogP contribution in [0.4, 0.5) is 0 Å². The number of carbonyl (C=O) groups excluding carboxylic acids is 1. The van der Waals surface area contributed by atoms with Gasteiger partial charge in [0, 0.05) is 12.3 Å². The molecule has 10 atom stereocenters. The van der Waals surface area contributed by atoms with Gasteiger partial charge in [0.15, 0.2) is 0 Å². The van der Waals surface area contributed by atoms with Crippen LogP contribution in [0, 0.1) is 56.7 Å². The fourth-order valence-electron chi connectivity index (χ4n) is 11.8. The molecular weight excluding hydrogens is 416 g/mol. The third-order valence-electron chi connectivity index (χ3n) is 13.8. The van der Waals surface area contributed by atoms with Gasteiger partial charge in [0.1, 0.15) is 6.10 Å². The van der Waals surface area contributed by atoms with Crippen molar-refractivity contribution in [3.8, 4) is 0 Å². The summed E-state index contributed by atoms with van der Waals surface area (Å²) in [6.07, 6.45) is 13.2. The largest absolute Gasteiger partial charge is 0.462 e. The molecular formula is C32H52O2. The molecule has 0 bridgehead atoms. The summed E-state index contributed by atoms with van der Waals surface area (Å²) < 4.78 is 5.91. The van der Waals surface area contributed by atoms with Gasteiger partial charge >= 0.3 is 5.97 Å². The molecule has 0 aliphatic heterocycles. The summed E-state index contributed by atoms with van der Waals surface area (Å²) in [7, 11) is 0. The quantitative estimate of drug-likeness (QED) is 0.284. The Morgan fingerprint density at radius 1 is 0.853 bits per heavy atom. The van der Waals surface area contributed by atoms with Crippen molar-refractivity contribution >= 4 is 5.97 Å². The van der Waals surface area contributed by atoms with Crippen LogP contribution in [0.2, 0.25) is 0 Å². The third-order valence-corrected chi connectivity index (χ3v) is 13.8. The van der Waals surface area contributed by atoms with Gasteiger partial charge in [-0.2, -0.15) is 0 Å². The molecule has 2 nitrogen and oxygen atoms in total. The van der Waals surface area contributed by atoms with Gasteiger partial charge in [-0.15, -0.1) is 0 Å². The molecule has 0 saturated heterocycles. The second-order valence-corrected chi connectivity index (χ2v) is 15.3. The first-order valence-electron chi connectivity index (χ1n) is 14.6. The van der Waals surface area contributed by atoms with E-state index in [0.717, 1.165) is 24.2 Å². The summed E-state index contributed by atoms with van der Waals surface area (Å²) in [5.74, 6) is 3.64. The Balaban J connectivity index is 1.50. The highest BCUT2D eigenvalue weighted by Gasteiger charge is 2.70. The van der Waals surface area contributed by atoms with Gasteiger partial charge in [0.2, 0.25) is 0 Å². The summed E-state index contributed by atoms with van der Waals surface area (Å²) in [6.45, 7) is 24.2. The van der Waals surface area contributed by atoms with Crippen LogP contribution in [0.5, 0.6) is 0 Å². The van der Waals surface area contributed by atoms with Crippen LogP contribution in [0.25, 0.3) is 0 Å². The molecule has 0 N–H and O–H groups in total. The first-order chi connectivity index (χ1) is 15.7. The van der Waals surface area contributed by atoms with Gasteiger partial charge in [-0.25, -0.2) is 0 Å². The van der Waals surface area contributed by atoms with Crippen LogP contribution >= 0.6 is 0 Å². The van der Waals surface area contributed by atoms with Gasteiger partial charge in [-0.3, -0.25) is 4.79 Å². The SMILES string of the molecule is C=C1CC[C@]2(C)CC[C@]3(C)[C@H](CCC4[C@@]5(C)CCC(OC(C)=O)C(C)(C)C5CC[C@]43C)[C@H]2[C@@H]1C. The summed E-state index contributed by atoms with van der Waals surface area (Å²) in [5.41, 5.74) is 3.28. The summed E-state index contributed by atoms with van der Waals surface area (Å²) in [6, 6.07) is 0. The highest BCUT2D eigenvalue weighted by Crippen LogP contribution is 2.77. The number of fused-ring (bicyclic) bond motifs is 7. The molecule has 2 heteroatoms. The maximum atomic E-state index is 11.9. The van der Waals surface area contributed by atoms with Crippen molar-refractivity contribution in [3.05, 3.63) is 12.2 Å². The highest BCUT2D eigenvalue weighted by atomic mass is 16.5. The van der Waals surface area contributed by atoms with E-state index < -0.39 is 0 Å². The van der Waals surface area contributed by atoms with E-state index in [0.29, 0.717) is 33.5 Å². The molecule has 5 aliphatic carbocycles. The van der Waals surface area contributed by atoms with Crippen molar-refractivity contribution in [1.82, 2.24) is 0 Å². The van der Waals surface area contributed by atoms with E-state index in [9.17, 15) is 4.79 Å². The molecule has 0 aromatic carbocycles. The van der Waals surface area contributed by atoms with E-state index in [2.05, 4.69) is 55.0 Å². The van der Waals surface area contributed by atoms with E-state index in [1.165, 1.54) is 63.4 Å². The molecule has 0 aromatic heterocycles. The van der Waals surface area contributed by atoms with Gasteiger partial charge in [-0.1, -0.05) is 60.6 Å². The van der Waals surface area contributed by atoms with Crippen molar-refractivity contribution in [2.75, 3.05) is 0 Å². The van der Waals surface area contributed by atoms with Crippen molar-refractivity contribution < 1.29 is 9.53 Å². The van der Waals surface area contributed by atoms with Gasteiger partial charge in [-0.05, 0) is 115 Å². The Bertz CT molecular complexity index is 872. The molecule has 0 aromatic rings. The normalized spacial score (nSPS) is 54.2. The van der Waals surface area contributed by atoms with Crippen LogP contribution < -0.4 is 0 Å². The van der Waals surface area contributed by atoms with Gasteiger partial charge in [0.05, 0.1) is 0 Å². The summed E-state index contributed by atoms with van der Waals surface area (Å²) in [5, 5.41) is 0. The minimum absolute atomic E-state index is 0.0541. The predicted molar refractivity (Wildman–Crippen MR) is 140 cm³/mol. The Labute approximate surface area is 210 Å². The lowest BCUT2D eigenvalue weighted by molar-refractivity contribution is -0.253. The van der Waals surface area contributed by atoms with E-state index >= 15 is 0 Å². The average molecular weight is 469 g/mol. The van der Waals surface area contributed by atoms with Crippen molar-refractivity contribution in [2.45, 2.75) is 126 Å². The maximum absolute atomic E-state index is 11.9. The van der Waals surface area contributed by atoms with Crippen molar-refractivity contribution in [3.63, 3.8) is 0 Å². The zero-order valence-electron chi connectivity index (χ0n) is 23.6. The fraction of sp³-hybridized carbons (Fsp3) is 0.906. The summed E-state index contributed by atoms with van der Waals surface area (Å²) in [4.78, 5) is 11.9. The van der Waals surface area contributed by atoms with Crippen molar-refractivity contribution in [2.24, 2.45) is 56.7 Å². The molecule has 5 aliphatic rings. The first-order valence-corrected chi connectivity index (χ1v) is 14.6. The number of hydrogen-bond donors (Lipinski definition) is 0. The second kappa shape index (κ2) is 7.61. The maximum Gasteiger partial charge on any atom is 0.302 e. The molecule has 0 spiro atoms. The Hall–Kier alpha value is -0.790. The average Bonchev–Trinajstić information content (AvgIpc) is 2.74. The lowest BCUT2D eigenvalue weighted by Crippen LogP contribution is -2.67. The fourth-order valence-corrected chi connectivity index (χ4v) is 11.8. The third kappa shape index (κ3) is 3.08. The molecule has 0 heterocycles. The lowest BCUT2D eigenvalue weighted by atomic mass is 9.31. The van der Waals surface area contributed by atoms with E-state index in [1.807, 2.05) is 0 Å². The van der Waals surface area contributed by atoms with Crippen LogP contribution in [-0.4, -0.2) is 12.1 Å². The highest BCUT2D eigenvalue weighted by molar-refractivity contribution is 5.66. The van der Waals surface area contributed by atoms with Gasteiger partial charge < -0.3 is 4.74 Å². The lowest BCUT2D eigenvalue weighted by Gasteiger charge is -2.73. The zero-order chi connectivity index (χ0) is 24.9. The molecule has 5 rings (SSSR count). The second-order valence-electron chi connectivity index (χ2n) is 15.3. The Kier molecular flexibility index (Phi) is 5.57. The molecule has 5 saturated carbocycles. The standard InChI is InChI=1S/C32H52O2/c1-20-12-15-29(6)18-19-31(8)23(27(29)21(20)2)10-11-25-30(7)16-14-26(34-22(3)33)28(4,5)24(30)13-17-32(25,31)9/h21,23-27H,1,10-19H2,2-9H3/t21-,23-,24?,25?,26?,27-,29-,30+,31-,32-/m1/s1. The smallest absolute Gasteiger partial charge is 0.302 e.